The molecule has 0 saturated carbocycles. The third-order valence-electron chi connectivity index (χ3n) is 2.93. The monoisotopic (exact) mass is 284 g/mol. The Balaban J connectivity index is 1.85. The Bertz CT molecular complexity index is 721. The molecule has 0 aliphatic heterocycles. The van der Waals surface area contributed by atoms with E-state index in [9.17, 15) is 4.39 Å². The first-order valence-corrected chi connectivity index (χ1v) is 6.59. The fourth-order valence-electron chi connectivity index (χ4n) is 1.91. The summed E-state index contributed by atoms with van der Waals surface area (Å²) < 4.78 is 23.9. The van der Waals surface area contributed by atoms with Gasteiger partial charge in [-0.2, -0.15) is 0 Å². The molecular weight excluding hydrogens is 271 g/mol. The molecule has 3 rings (SSSR count). The molecule has 0 fully saturated rings. The van der Waals surface area contributed by atoms with E-state index >= 15 is 0 Å². The van der Waals surface area contributed by atoms with Crippen molar-refractivity contribution in [1.29, 1.82) is 0 Å². The molecule has 106 valence electrons. The van der Waals surface area contributed by atoms with Crippen LogP contribution in [-0.4, -0.2) is 16.8 Å². The Labute approximate surface area is 121 Å². The van der Waals surface area contributed by atoms with Crippen molar-refractivity contribution in [2.45, 2.75) is 6.92 Å². The van der Waals surface area contributed by atoms with Crippen molar-refractivity contribution in [2.75, 3.05) is 6.61 Å². The number of nitrogens with zero attached hydrogens (tertiary/aromatic N) is 2. The van der Waals surface area contributed by atoms with Crippen LogP contribution in [0.25, 0.3) is 22.9 Å². The zero-order chi connectivity index (χ0) is 14.7. The van der Waals surface area contributed by atoms with Gasteiger partial charge < -0.3 is 9.15 Å². The molecule has 0 N–H and O–H groups in total. The van der Waals surface area contributed by atoms with Gasteiger partial charge in [0.2, 0.25) is 11.8 Å². The predicted octanol–water partition coefficient (Wildman–Crippen LogP) is 3.94. The van der Waals surface area contributed by atoms with E-state index in [4.69, 9.17) is 9.15 Å². The van der Waals surface area contributed by atoms with Gasteiger partial charge in [-0.25, -0.2) is 4.39 Å². The topological polar surface area (TPSA) is 48.2 Å². The van der Waals surface area contributed by atoms with E-state index in [1.165, 1.54) is 12.1 Å². The summed E-state index contributed by atoms with van der Waals surface area (Å²) in [7, 11) is 0. The lowest BCUT2D eigenvalue weighted by atomic mass is 10.2. The SMILES string of the molecule is CCOc1ccc(-c2nnc(-c3ccc(F)cc3)o2)cc1. The molecule has 2 aromatic carbocycles. The van der Waals surface area contributed by atoms with Crippen LogP contribution >= 0.6 is 0 Å². The van der Waals surface area contributed by atoms with Crippen molar-refractivity contribution in [1.82, 2.24) is 10.2 Å². The number of rotatable bonds is 4. The second kappa shape index (κ2) is 5.75. The summed E-state index contributed by atoms with van der Waals surface area (Å²) >= 11 is 0. The average molecular weight is 284 g/mol. The molecule has 1 heterocycles. The standard InChI is InChI=1S/C16H13FN2O2/c1-2-20-14-9-5-12(6-10-14)16-19-18-15(21-16)11-3-7-13(17)8-4-11/h3-10H,2H2,1H3. The smallest absolute Gasteiger partial charge is 0.248 e. The lowest BCUT2D eigenvalue weighted by Crippen LogP contribution is -1.90. The number of benzene rings is 2. The van der Waals surface area contributed by atoms with Gasteiger partial charge in [0.25, 0.3) is 0 Å². The summed E-state index contributed by atoms with van der Waals surface area (Å²) in [5, 5.41) is 7.99. The van der Waals surface area contributed by atoms with Gasteiger partial charge in [0.1, 0.15) is 11.6 Å². The van der Waals surface area contributed by atoms with Crippen LogP contribution < -0.4 is 4.74 Å². The van der Waals surface area contributed by atoms with Gasteiger partial charge in [-0.3, -0.25) is 0 Å². The third kappa shape index (κ3) is 2.91. The number of ether oxygens (including phenoxy) is 1. The summed E-state index contributed by atoms with van der Waals surface area (Å²) in [4.78, 5) is 0. The Hall–Kier alpha value is -2.69. The lowest BCUT2D eigenvalue weighted by Gasteiger charge is -2.02. The van der Waals surface area contributed by atoms with Gasteiger partial charge in [-0.05, 0) is 55.5 Å². The molecule has 0 saturated heterocycles. The Morgan fingerprint density at radius 3 is 1.95 bits per heavy atom. The van der Waals surface area contributed by atoms with Crippen molar-refractivity contribution < 1.29 is 13.5 Å². The predicted molar refractivity (Wildman–Crippen MR) is 76.3 cm³/mol. The van der Waals surface area contributed by atoms with E-state index in [-0.39, 0.29) is 5.82 Å². The fourth-order valence-corrected chi connectivity index (χ4v) is 1.91. The second-order valence-corrected chi connectivity index (χ2v) is 4.38. The van der Waals surface area contributed by atoms with Gasteiger partial charge >= 0.3 is 0 Å². The van der Waals surface area contributed by atoms with Crippen LogP contribution in [0.5, 0.6) is 5.75 Å². The first-order valence-electron chi connectivity index (χ1n) is 6.59. The summed E-state index contributed by atoms with van der Waals surface area (Å²) in [5.74, 6) is 1.26. The van der Waals surface area contributed by atoms with Crippen molar-refractivity contribution >= 4 is 0 Å². The number of aromatic nitrogens is 2. The molecule has 3 aromatic rings. The normalized spacial score (nSPS) is 10.6. The maximum Gasteiger partial charge on any atom is 0.248 e. The fraction of sp³-hybridized carbons (Fsp3) is 0.125. The Kier molecular flexibility index (Phi) is 3.64. The van der Waals surface area contributed by atoms with Crippen LogP contribution in [0, 0.1) is 5.82 Å². The van der Waals surface area contributed by atoms with E-state index in [0.717, 1.165) is 11.3 Å². The molecule has 0 unspecified atom stereocenters. The third-order valence-corrected chi connectivity index (χ3v) is 2.93. The minimum atomic E-state index is -0.301. The summed E-state index contributed by atoms with van der Waals surface area (Å²) in [6.45, 7) is 2.55. The molecule has 0 aliphatic carbocycles. The van der Waals surface area contributed by atoms with E-state index in [1.54, 1.807) is 12.1 Å². The Morgan fingerprint density at radius 1 is 0.905 bits per heavy atom. The zero-order valence-corrected chi connectivity index (χ0v) is 11.4. The van der Waals surface area contributed by atoms with Crippen molar-refractivity contribution in [3.05, 3.63) is 54.3 Å². The molecule has 21 heavy (non-hydrogen) atoms. The minimum Gasteiger partial charge on any atom is -0.494 e. The maximum absolute atomic E-state index is 12.9. The van der Waals surface area contributed by atoms with E-state index < -0.39 is 0 Å². The van der Waals surface area contributed by atoms with Crippen LogP contribution in [0.15, 0.2) is 52.9 Å². The summed E-state index contributed by atoms with van der Waals surface area (Å²) in [6.07, 6.45) is 0. The minimum absolute atomic E-state index is 0.301. The van der Waals surface area contributed by atoms with Gasteiger partial charge in [0.15, 0.2) is 0 Å². The maximum atomic E-state index is 12.9. The molecule has 0 radical (unpaired) electrons. The number of halogens is 1. The zero-order valence-electron chi connectivity index (χ0n) is 11.4. The van der Waals surface area contributed by atoms with Crippen LogP contribution in [0.3, 0.4) is 0 Å². The van der Waals surface area contributed by atoms with E-state index in [0.29, 0.717) is 24.0 Å². The van der Waals surface area contributed by atoms with Crippen molar-refractivity contribution in [2.24, 2.45) is 0 Å². The molecule has 1 aromatic heterocycles. The summed E-state index contributed by atoms with van der Waals surface area (Å²) in [6, 6.07) is 13.3. The largest absolute Gasteiger partial charge is 0.494 e. The van der Waals surface area contributed by atoms with Crippen LogP contribution in [0.1, 0.15) is 6.92 Å². The van der Waals surface area contributed by atoms with Crippen LogP contribution in [0.2, 0.25) is 0 Å². The molecule has 0 spiro atoms. The van der Waals surface area contributed by atoms with Crippen molar-refractivity contribution in [3.8, 4) is 28.7 Å². The summed E-state index contributed by atoms with van der Waals surface area (Å²) in [5.41, 5.74) is 1.49. The van der Waals surface area contributed by atoms with Gasteiger partial charge in [0.05, 0.1) is 6.61 Å². The number of hydrogen-bond acceptors (Lipinski definition) is 4. The molecule has 0 bridgehead atoms. The molecule has 0 atom stereocenters. The van der Waals surface area contributed by atoms with E-state index in [2.05, 4.69) is 10.2 Å². The van der Waals surface area contributed by atoms with Crippen LogP contribution in [-0.2, 0) is 0 Å². The molecular formula is C16H13FN2O2. The van der Waals surface area contributed by atoms with Gasteiger partial charge in [0, 0.05) is 11.1 Å². The highest BCUT2D eigenvalue weighted by atomic mass is 19.1. The average Bonchev–Trinajstić information content (AvgIpc) is 2.99. The van der Waals surface area contributed by atoms with E-state index in [1.807, 2.05) is 31.2 Å². The lowest BCUT2D eigenvalue weighted by molar-refractivity contribution is 0.340. The number of hydrogen-bond donors (Lipinski definition) is 0. The molecule has 5 heteroatoms. The quantitative estimate of drug-likeness (QED) is 0.728. The highest BCUT2D eigenvalue weighted by molar-refractivity contribution is 5.58. The Morgan fingerprint density at radius 2 is 1.43 bits per heavy atom. The van der Waals surface area contributed by atoms with Gasteiger partial charge in [-0.1, -0.05) is 0 Å². The second-order valence-electron chi connectivity index (χ2n) is 4.38. The first-order chi connectivity index (χ1) is 10.3. The highest BCUT2D eigenvalue weighted by Crippen LogP contribution is 2.25. The van der Waals surface area contributed by atoms with Gasteiger partial charge in [-0.15, -0.1) is 10.2 Å². The highest BCUT2D eigenvalue weighted by Gasteiger charge is 2.10. The van der Waals surface area contributed by atoms with Crippen LogP contribution in [0.4, 0.5) is 4.39 Å². The molecule has 0 amide bonds. The van der Waals surface area contributed by atoms with Crippen molar-refractivity contribution in [3.63, 3.8) is 0 Å². The first kappa shape index (κ1) is 13.3. The molecule has 0 aliphatic rings. The molecule has 4 nitrogen and oxygen atoms in total.